The Morgan fingerprint density at radius 3 is 2.48 bits per heavy atom. The van der Waals surface area contributed by atoms with Crippen LogP contribution < -0.4 is 9.64 Å². The van der Waals surface area contributed by atoms with Crippen LogP contribution in [0.25, 0.3) is 10.8 Å². The number of fused-ring (bicyclic) bond motifs is 1. The molecule has 0 saturated carbocycles. The van der Waals surface area contributed by atoms with E-state index in [1.165, 1.54) is 0 Å². The molecular formula is C24H19ClN2O2. The standard InChI is InChI=1S/C24H19ClN2O2/c25-21-12-3-4-13-22(21)29-17-24(28)27(23-14-5-6-15-26-23)16-19-10-7-9-18-8-1-2-11-20(18)19/h1-15H,16-17H2. The molecule has 29 heavy (non-hydrogen) atoms. The topological polar surface area (TPSA) is 42.4 Å². The van der Waals surface area contributed by atoms with E-state index in [0.717, 1.165) is 16.3 Å². The zero-order valence-electron chi connectivity index (χ0n) is 15.7. The maximum absolute atomic E-state index is 13.1. The van der Waals surface area contributed by atoms with Crippen LogP contribution >= 0.6 is 11.6 Å². The number of halogens is 1. The van der Waals surface area contributed by atoms with Gasteiger partial charge < -0.3 is 4.74 Å². The highest BCUT2D eigenvalue weighted by Crippen LogP contribution is 2.25. The Balaban J connectivity index is 1.61. The van der Waals surface area contributed by atoms with Gasteiger partial charge in [-0.2, -0.15) is 0 Å². The minimum absolute atomic E-state index is 0.134. The lowest BCUT2D eigenvalue weighted by atomic mass is 10.0. The number of para-hydroxylation sites is 1. The first-order valence-electron chi connectivity index (χ1n) is 9.28. The van der Waals surface area contributed by atoms with Crippen molar-refractivity contribution >= 4 is 34.1 Å². The summed E-state index contributed by atoms with van der Waals surface area (Å²) in [7, 11) is 0. The van der Waals surface area contributed by atoms with E-state index in [1.807, 2.05) is 54.6 Å². The molecule has 0 spiro atoms. The Labute approximate surface area is 174 Å². The molecule has 1 amide bonds. The van der Waals surface area contributed by atoms with Crippen LogP contribution in [0.4, 0.5) is 5.82 Å². The molecule has 0 aliphatic heterocycles. The minimum Gasteiger partial charge on any atom is -0.482 e. The van der Waals surface area contributed by atoms with Gasteiger partial charge in [-0.25, -0.2) is 4.98 Å². The number of hydrogen-bond donors (Lipinski definition) is 0. The van der Waals surface area contributed by atoms with Crippen molar-refractivity contribution in [1.29, 1.82) is 0 Å². The van der Waals surface area contributed by atoms with E-state index < -0.39 is 0 Å². The summed E-state index contributed by atoms with van der Waals surface area (Å²) in [6, 6.07) is 26.8. The van der Waals surface area contributed by atoms with Crippen molar-refractivity contribution < 1.29 is 9.53 Å². The van der Waals surface area contributed by atoms with Crippen LogP contribution in [0.1, 0.15) is 5.56 Å². The number of rotatable bonds is 6. The van der Waals surface area contributed by atoms with Gasteiger partial charge in [0.2, 0.25) is 0 Å². The summed E-state index contributed by atoms with van der Waals surface area (Å²) in [6.07, 6.45) is 1.67. The quantitative estimate of drug-likeness (QED) is 0.427. The van der Waals surface area contributed by atoms with Crippen molar-refractivity contribution in [1.82, 2.24) is 4.98 Å². The third kappa shape index (κ3) is 4.39. The van der Waals surface area contributed by atoms with Crippen LogP contribution in [0.15, 0.2) is 91.1 Å². The predicted molar refractivity (Wildman–Crippen MR) is 116 cm³/mol. The summed E-state index contributed by atoms with van der Waals surface area (Å²) in [5.74, 6) is 0.860. The monoisotopic (exact) mass is 402 g/mol. The first-order valence-corrected chi connectivity index (χ1v) is 9.65. The number of carbonyl (C=O) groups excluding carboxylic acids is 1. The van der Waals surface area contributed by atoms with Crippen LogP contribution in [-0.4, -0.2) is 17.5 Å². The fourth-order valence-corrected chi connectivity index (χ4v) is 3.38. The van der Waals surface area contributed by atoms with Crippen molar-refractivity contribution in [2.24, 2.45) is 0 Å². The molecule has 0 unspecified atom stereocenters. The van der Waals surface area contributed by atoms with Crippen molar-refractivity contribution in [3.8, 4) is 5.75 Å². The summed E-state index contributed by atoms with van der Waals surface area (Å²) < 4.78 is 5.68. The van der Waals surface area contributed by atoms with Gasteiger partial charge in [-0.05, 0) is 40.6 Å². The van der Waals surface area contributed by atoms with E-state index in [2.05, 4.69) is 23.2 Å². The van der Waals surface area contributed by atoms with Crippen molar-refractivity contribution in [3.05, 3.63) is 102 Å². The maximum Gasteiger partial charge on any atom is 0.266 e. The predicted octanol–water partition coefficient (Wildman–Crippen LogP) is 5.50. The summed E-state index contributed by atoms with van der Waals surface area (Å²) in [5.41, 5.74) is 1.04. The van der Waals surface area contributed by atoms with E-state index >= 15 is 0 Å². The summed E-state index contributed by atoms with van der Waals surface area (Å²) in [6.45, 7) is 0.258. The van der Waals surface area contributed by atoms with E-state index in [0.29, 0.717) is 23.1 Å². The SMILES string of the molecule is O=C(COc1ccccc1Cl)N(Cc1cccc2ccccc12)c1ccccn1. The zero-order valence-corrected chi connectivity index (χ0v) is 16.4. The first-order chi connectivity index (χ1) is 14.2. The minimum atomic E-state index is -0.198. The molecule has 4 rings (SSSR count). The molecule has 0 aliphatic rings. The molecule has 1 heterocycles. The van der Waals surface area contributed by atoms with Crippen molar-refractivity contribution in [2.75, 3.05) is 11.5 Å². The largest absolute Gasteiger partial charge is 0.482 e. The molecule has 0 bridgehead atoms. The Morgan fingerprint density at radius 2 is 1.66 bits per heavy atom. The van der Waals surface area contributed by atoms with Gasteiger partial charge in [0.1, 0.15) is 11.6 Å². The maximum atomic E-state index is 13.1. The summed E-state index contributed by atoms with van der Waals surface area (Å²) in [4.78, 5) is 19.1. The number of aromatic nitrogens is 1. The number of benzene rings is 3. The highest BCUT2D eigenvalue weighted by molar-refractivity contribution is 6.32. The normalized spacial score (nSPS) is 10.7. The number of nitrogens with zero attached hydrogens (tertiary/aromatic N) is 2. The number of anilines is 1. The second-order valence-corrected chi connectivity index (χ2v) is 6.93. The molecule has 0 saturated heterocycles. The Kier molecular flexibility index (Phi) is 5.73. The number of ether oxygens (including phenoxy) is 1. The van der Waals surface area contributed by atoms with Crippen LogP contribution in [0.2, 0.25) is 5.02 Å². The lowest BCUT2D eigenvalue weighted by Crippen LogP contribution is -2.35. The number of amides is 1. The van der Waals surface area contributed by atoms with E-state index in [-0.39, 0.29) is 12.5 Å². The second-order valence-electron chi connectivity index (χ2n) is 6.53. The van der Waals surface area contributed by atoms with Crippen molar-refractivity contribution in [2.45, 2.75) is 6.54 Å². The highest BCUT2D eigenvalue weighted by atomic mass is 35.5. The fraction of sp³-hybridized carbons (Fsp3) is 0.0833. The average molecular weight is 403 g/mol. The first kappa shape index (κ1) is 19.0. The van der Waals surface area contributed by atoms with E-state index in [1.54, 1.807) is 23.2 Å². The smallest absolute Gasteiger partial charge is 0.266 e. The molecule has 1 aromatic heterocycles. The van der Waals surface area contributed by atoms with Gasteiger partial charge in [-0.1, -0.05) is 72.3 Å². The van der Waals surface area contributed by atoms with Gasteiger partial charge in [0.15, 0.2) is 6.61 Å². The molecule has 4 aromatic rings. The molecule has 0 N–H and O–H groups in total. The van der Waals surface area contributed by atoms with E-state index in [9.17, 15) is 4.79 Å². The third-order valence-electron chi connectivity index (χ3n) is 4.62. The second kappa shape index (κ2) is 8.76. The Morgan fingerprint density at radius 1 is 0.897 bits per heavy atom. The van der Waals surface area contributed by atoms with Gasteiger partial charge in [-0.15, -0.1) is 0 Å². The molecule has 0 atom stereocenters. The van der Waals surface area contributed by atoms with Gasteiger partial charge in [-0.3, -0.25) is 9.69 Å². The lowest BCUT2D eigenvalue weighted by Gasteiger charge is -2.23. The molecule has 4 nitrogen and oxygen atoms in total. The molecule has 0 radical (unpaired) electrons. The Bertz CT molecular complexity index is 1130. The fourth-order valence-electron chi connectivity index (χ4n) is 3.19. The van der Waals surface area contributed by atoms with Crippen LogP contribution in [-0.2, 0) is 11.3 Å². The van der Waals surface area contributed by atoms with Gasteiger partial charge >= 0.3 is 0 Å². The summed E-state index contributed by atoms with van der Waals surface area (Å²) in [5, 5.41) is 2.71. The van der Waals surface area contributed by atoms with Gasteiger partial charge in [0.25, 0.3) is 5.91 Å². The van der Waals surface area contributed by atoms with Crippen molar-refractivity contribution in [3.63, 3.8) is 0 Å². The molecule has 5 heteroatoms. The van der Waals surface area contributed by atoms with Crippen LogP contribution in [0.3, 0.4) is 0 Å². The van der Waals surface area contributed by atoms with Crippen LogP contribution in [0.5, 0.6) is 5.75 Å². The van der Waals surface area contributed by atoms with Crippen LogP contribution in [0, 0.1) is 0 Å². The molecule has 3 aromatic carbocycles. The highest BCUT2D eigenvalue weighted by Gasteiger charge is 2.19. The van der Waals surface area contributed by atoms with Gasteiger partial charge in [0, 0.05) is 6.20 Å². The number of carbonyl (C=O) groups is 1. The summed E-state index contributed by atoms with van der Waals surface area (Å²) >= 11 is 6.14. The number of pyridine rings is 1. The van der Waals surface area contributed by atoms with Gasteiger partial charge in [0.05, 0.1) is 11.6 Å². The average Bonchev–Trinajstić information content (AvgIpc) is 2.77. The molecule has 0 fully saturated rings. The van der Waals surface area contributed by atoms with E-state index in [4.69, 9.17) is 16.3 Å². The zero-order chi connectivity index (χ0) is 20.1. The molecule has 0 aliphatic carbocycles. The lowest BCUT2D eigenvalue weighted by molar-refractivity contribution is -0.120. The third-order valence-corrected chi connectivity index (χ3v) is 4.94. The number of hydrogen-bond acceptors (Lipinski definition) is 3. The Hall–Kier alpha value is -3.37. The molecular weight excluding hydrogens is 384 g/mol. The molecule has 144 valence electrons.